The van der Waals surface area contributed by atoms with E-state index < -0.39 is 0 Å². The number of rotatable bonds is 4. The lowest BCUT2D eigenvalue weighted by molar-refractivity contribution is 0.102. The van der Waals surface area contributed by atoms with Crippen LogP contribution in [0.1, 0.15) is 21.6 Å². The topological polar surface area (TPSA) is 72.7 Å². The van der Waals surface area contributed by atoms with Crippen LogP contribution in [0.5, 0.6) is 0 Å². The molecule has 0 radical (unpaired) electrons. The average molecular weight is 293 g/mol. The second-order valence-electron chi connectivity index (χ2n) is 4.83. The highest BCUT2D eigenvalue weighted by atomic mass is 16.1. The van der Waals surface area contributed by atoms with E-state index in [1.165, 1.54) is 12.4 Å². The summed E-state index contributed by atoms with van der Waals surface area (Å²) in [5.41, 5.74) is 2.47. The minimum absolute atomic E-state index is 0.239. The monoisotopic (exact) mass is 293 g/mol. The normalized spacial score (nSPS) is 10.4. The molecule has 2 heterocycles. The van der Waals surface area contributed by atoms with Crippen molar-refractivity contribution < 1.29 is 4.79 Å². The van der Waals surface area contributed by atoms with Gasteiger partial charge in [-0.3, -0.25) is 14.5 Å². The smallest absolute Gasteiger partial charge is 0.260 e. The Balaban J connectivity index is 1.77. The molecule has 1 amide bonds. The average Bonchev–Trinajstić information content (AvgIpc) is 2.90. The number of nitrogens with zero attached hydrogens (tertiary/aromatic N) is 4. The first-order valence-electron chi connectivity index (χ1n) is 6.88. The Labute approximate surface area is 127 Å². The second kappa shape index (κ2) is 6.17. The Bertz CT molecular complexity index is 768. The molecule has 1 aromatic carbocycles. The van der Waals surface area contributed by atoms with Gasteiger partial charge in [-0.1, -0.05) is 30.3 Å². The van der Waals surface area contributed by atoms with Gasteiger partial charge in [0.15, 0.2) is 5.82 Å². The van der Waals surface area contributed by atoms with Crippen LogP contribution in [-0.2, 0) is 6.54 Å². The van der Waals surface area contributed by atoms with E-state index in [-0.39, 0.29) is 5.91 Å². The number of benzene rings is 1. The molecule has 0 spiro atoms. The maximum absolute atomic E-state index is 12.3. The quantitative estimate of drug-likeness (QED) is 0.801. The molecule has 0 fully saturated rings. The largest absolute Gasteiger partial charge is 0.305 e. The number of hydrogen-bond donors (Lipinski definition) is 1. The molecule has 6 heteroatoms. The van der Waals surface area contributed by atoms with Crippen LogP contribution >= 0.6 is 0 Å². The van der Waals surface area contributed by atoms with Crippen LogP contribution in [0.2, 0.25) is 0 Å². The van der Waals surface area contributed by atoms with Gasteiger partial charge >= 0.3 is 0 Å². The molecule has 0 unspecified atom stereocenters. The Kier molecular flexibility index (Phi) is 3.91. The third kappa shape index (κ3) is 3.01. The summed E-state index contributed by atoms with van der Waals surface area (Å²) in [5, 5.41) is 7.00. The van der Waals surface area contributed by atoms with Crippen LogP contribution in [0.3, 0.4) is 0 Å². The van der Waals surface area contributed by atoms with E-state index in [0.29, 0.717) is 17.9 Å². The summed E-state index contributed by atoms with van der Waals surface area (Å²) in [6, 6.07) is 9.99. The first-order valence-corrected chi connectivity index (χ1v) is 6.88. The van der Waals surface area contributed by atoms with Crippen molar-refractivity contribution in [3.05, 3.63) is 71.9 Å². The Morgan fingerprint density at radius 3 is 2.73 bits per heavy atom. The summed E-state index contributed by atoms with van der Waals surface area (Å²) in [7, 11) is 0. The van der Waals surface area contributed by atoms with Crippen LogP contribution in [0, 0.1) is 6.92 Å². The lowest BCUT2D eigenvalue weighted by atomic mass is 10.2. The molecule has 2 aromatic heterocycles. The predicted molar refractivity (Wildman–Crippen MR) is 82.5 cm³/mol. The predicted octanol–water partition coefficient (Wildman–Crippen LogP) is 2.28. The second-order valence-corrected chi connectivity index (χ2v) is 4.83. The van der Waals surface area contributed by atoms with Gasteiger partial charge in [0.05, 0.1) is 24.5 Å². The summed E-state index contributed by atoms with van der Waals surface area (Å²) < 4.78 is 1.81. The fourth-order valence-corrected chi connectivity index (χ4v) is 2.13. The van der Waals surface area contributed by atoms with Crippen LogP contribution in [0.25, 0.3) is 0 Å². The molecule has 0 aliphatic rings. The maximum Gasteiger partial charge on any atom is 0.260 e. The van der Waals surface area contributed by atoms with E-state index in [0.717, 1.165) is 11.3 Å². The minimum Gasteiger partial charge on any atom is -0.305 e. The van der Waals surface area contributed by atoms with Crippen molar-refractivity contribution in [2.45, 2.75) is 13.5 Å². The summed E-state index contributed by atoms with van der Waals surface area (Å²) in [6.07, 6.45) is 6.16. The SMILES string of the molecule is Cc1c(C(=O)Nc2cnccn2)cnn1Cc1ccccc1. The van der Waals surface area contributed by atoms with Crippen molar-refractivity contribution in [2.75, 3.05) is 5.32 Å². The van der Waals surface area contributed by atoms with Crippen LogP contribution in [0.4, 0.5) is 5.82 Å². The minimum atomic E-state index is -0.239. The van der Waals surface area contributed by atoms with Crippen molar-refractivity contribution in [3.63, 3.8) is 0 Å². The summed E-state index contributed by atoms with van der Waals surface area (Å²) in [5.74, 6) is 0.181. The zero-order valence-electron chi connectivity index (χ0n) is 12.1. The van der Waals surface area contributed by atoms with E-state index in [1.807, 2.05) is 37.3 Å². The molecule has 0 bridgehead atoms. The fourth-order valence-electron chi connectivity index (χ4n) is 2.13. The highest BCUT2D eigenvalue weighted by Crippen LogP contribution is 2.12. The lowest BCUT2D eigenvalue weighted by Gasteiger charge is -2.06. The molecular weight excluding hydrogens is 278 g/mol. The number of aromatic nitrogens is 4. The molecule has 0 aliphatic carbocycles. The Morgan fingerprint density at radius 2 is 2.00 bits per heavy atom. The van der Waals surface area contributed by atoms with Crippen molar-refractivity contribution in [2.24, 2.45) is 0 Å². The van der Waals surface area contributed by atoms with Gasteiger partial charge in [0.1, 0.15) is 0 Å². The molecule has 110 valence electrons. The molecule has 0 saturated carbocycles. The van der Waals surface area contributed by atoms with Crippen molar-refractivity contribution >= 4 is 11.7 Å². The molecule has 3 rings (SSSR count). The maximum atomic E-state index is 12.3. The standard InChI is InChI=1S/C16H15N5O/c1-12-14(16(22)20-15-10-17-7-8-18-15)9-19-21(12)11-13-5-3-2-4-6-13/h2-10H,11H2,1H3,(H,18,20,22). The van der Waals surface area contributed by atoms with Gasteiger partial charge < -0.3 is 5.32 Å². The number of nitrogens with one attached hydrogen (secondary N) is 1. The molecule has 22 heavy (non-hydrogen) atoms. The molecule has 0 atom stereocenters. The van der Waals surface area contributed by atoms with Crippen LogP contribution < -0.4 is 5.32 Å². The molecule has 3 aromatic rings. The molecule has 6 nitrogen and oxygen atoms in total. The van der Waals surface area contributed by atoms with Crippen LogP contribution in [0.15, 0.2) is 55.1 Å². The van der Waals surface area contributed by atoms with Crippen molar-refractivity contribution in [1.82, 2.24) is 19.7 Å². The number of carbonyl (C=O) groups excluding carboxylic acids is 1. The fraction of sp³-hybridized carbons (Fsp3) is 0.125. The molecular formula is C16H15N5O. The van der Waals surface area contributed by atoms with Gasteiger partial charge in [-0.15, -0.1) is 0 Å². The first-order chi connectivity index (χ1) is 10.7. The van der Waals surface area contributed by atoms with Crippen molar-refractivity contribution in [1.29, 1.82) is 0 Å². The van der Waals surface area contributed by atoms with Gasteiger partial charge in [-0.2, -0.15) is 5.10 Å². The van der Waals surface area contributed by atoms with E-state index in [2.05, 4.69) is 20.4 Å². The van der Waals surface area contributed by atoms with Gasteiger partial charge in [0.2, 0.25) is 0 Å². The molecule has 0 aliphatic heterocycles. The number of hydrogen-bond acceptors (Lipinski definition) is 4. The number of amides is 1. The zero-order chi connectivity index (χ0) is 15.4. The zero-order valence-corrected chi connectivity index (χ0v) is 12.1. The number of anilines is 1. The molecule has 1 N–H and O–H groups in total. The van der Waals surface area contributed by atoms with E-state index in [9.17, 15) is 4.79 Å². The summed E-state index contributed by atoms with van der Waals surface area (Å²) in [6.45, 7) is 2.51. The highest BCUT2D eigenvalue weighted by Gasteiger charge is 2.15. The Hall–Kier alpha value is -3.02. The van der Waals surface area contributed by atoms with Gasteiger partial charge in [-0.25, -0.2) is 4.98 Å². The Morgan fingerprint density at radius 1 is 1.18 bits per heavy atom. The van der Waals surface area contributed by atoms with E-state index >= 15 is 0 Å². The third-order valence-corrected chi connectivity index (χ3v) is 3.33. The summed E-state index contributed by atoms with van der Waals surface area (Å²) >= 11 is 0. The highest BCUT2D eigenvalue weighted by molar-refractivity contribution is 6.04. The summed E-state index contributed by atoms with van der Waals surface area (Å²) in [4.78, 5) is 20.2. The van der Waals surface area contributed by atoms with Gasteiger partial charge in [-0.05, 0) is 12.5 Å². The lowest BCUT2D eigenvalue weighted by Crippen LogP contribution is -2.14. The third-order valence-electron chi connectivity index (χ3n) is 3.33. The van der Waals surface area contributed by atoms with Crippen molar-refractivity contribution in [3.8, 4) is 0 Å². The number of carbonyl (C=O) groups is 1. The van der Waals surface area contributed by atoms with E-state index in [4.69, 9.17) is 0 Å². The van der Waals surface area contributed by atoms with Gasteiger partial charge in [0.25, 0.3) is 5.91 Å². The first kappa shape index (κ1) is 13.9. The molecule has 0 saturated heterocycles. The van der Waals surface area contributed by atoms with E-state index in [1.54, 1.807) is 17.1 Å². The van der Waals surface area contributed by atoms with Crippen LogP contribution in [-0.4, -0.2) is 25.7 Å². The van der Waals surface area contributed by atoms with Gasteiger partial charge in [0, 0.05) is 18.1 Å².